The molecule has 1 aromatic carbocycles. The van der Waals surface area contributed by atoms with E-state index in [4.69, 9.17) is 9.84 Å². The molecule has 112 valence electrons. The highest BCUT2D eigenvalue weighted by Gasteiger charge is 2.06. The summed E-state index contributed by atoms with van der Waals surface area (Å²) in [7, 11) is 0. The van der Waals surface area contributed by atoms with Crippen molar-refractivity contribution >= 4 is 41.8 Å². The lowest BCUT2D eigenvalue weighted by atomic mass is 10.2. The molecule has 1 amide bonds. The maximum atomic E-state index is 11.8. The van der Waals surface area contributed by atoms with Gasteiger partial charge < -0.3 is 20.1 Å². The number of nitrogens with one attached hydrogen (secondary N) is 2. The van der Waals surface area contributed by atoms with Gasteiger partial charge in [-0.25, -0.2) is 4.98 Å². The minimum Gasteiger partial charge on any atom is -0.394 e. The highest BCUT2D eigenvalue weighted by atomic mass is 35.5. The molecule has 0 aliphatic carbocycles. The Morgan fingerprint density at radius 2 is 2.15 bits per heavy atom. The van der Waals surface area contributed by atoms with E-state index in [-0.39, 0.29) is 43.9 Å². The Bertz CT molecular complexity index is 533. The Kier molecular flexibility index (Phi) is 8.91. The molecule has 0 aliphatic rings. The molecule has 0 atom stereocenters. The number of hydrogen-bond donors (Lipinski definition) is 3. The summed E-state index contributed by atoms with van der Waals surface area (Å²) in [5.74, 6) is -0.160. The topological polar surface area (TPSA) is 87.2 Å². The SMILES string of the molecule is Cl.Cl.O=C(NCCOCCO)c1ccc2[nH]cnc2c1. The number of nitrogens with zero attached hydrogens (tertiary/aromatic N) is 1. The normalized spacial score (nSPS) is 9.65. The van der Waals surface area contributed by atoms with E-state index in [2.05, 4.69) is 15.3 Å². The molecule has 0 saturated heterocycles. The third kappa shape index (κ3) is 4.97. The van der Waals surface area contributed by atoms with Crippen molar-refractivity contribution in [2.24, 2.45) is 0 Å². The fourth-order valence-corrected chi connectivity index (χ4v) is 1.58. The lowest BCUT2D eigenvalue weighted by Crippen LogP contribution is -2.27. The van der Waals surface area contributed by atoms with Crippen molar-refractivity contribution in [3.05, 3.63) is 30.1 Å². The van der Waals surface area contributed by atoms with Gasteiger partial charge in [0.25, 0.3) is 5.91 Å². The van der Waals surface area contributed by atoms with Gasteiger partial charge in [0.05, 0.1) is 37.2 Å². The largest absolute Gasteiger partial charge is 0.394 e. The highest BCUT2D eigenvalue weighted by Crippen LogP contribution is 2.11. The first-order valence-corrected chi connectivity index (χ1v) is 5.71. The van der Waals surface area contributed by atoms with Crippen LogP contribution < -0.4 is 5.32 Å². The number of aliphatic hydroxyl groups excluding tert-OH is 1. The zero-order chi connectivity index (χ0) is 12.8. The lowest BCUT2D eigenvalue weighted by Gasteiger charge is -2.05. The van der Waals surface area contributed by atoms with Gasteiger partial charge in [0.2, 0.25) is 0 Å². The third-order valence-corrected chi connectivity index (χ3v) is 2.45. The first kappa shape index (κ1) is 18.7. The van der Waals surface area contributed by atoms with Crippen LogP contribution in [0.5, 0.6) is 0 Å². The lowest BCUT2D eigenvalue weighted by molar-refractivity contribution is 0.0838. The van der Waals surface area contributed by atoms with Crippen LogP contribution in [0.1, 0.15) is 10.4 Å². The molecular formula is C12H17Cl2N3O3. The van der Waals surface area contributed by atoms with Crippen molar-refractivity contribution in [1.82, 2.24) is 15.3 Å². The fraction of sp³-hybridized carbons (Fsp3) is 0.333. The first-order valence-electron chi connectivity index (χ1n) is 5.71. The average molecular weight is 322 g/mol. The number of aliphatic hydroxyl groups is 1. The number of imidazole rings is 1. The number of benzene rings is 1. The maximum absolute atomic E-state index is 11.8. The van der Waals surface area contributed by atoms with Gasteiger partial charge in [-0.1, -0.05) is 0 Å². The van der Waals surface area contributed by atoms with Crippen molar-refractivity contribution in [3.63, 3.8) is 0 Å². The smallest absolute Gasteiger partial charge is 0.251 e. The number of aromatic nitrogens is 2. The minimum atomic E-state index is -0.160. The number of aromatic amines is 1. The van der Waals surface area contributed by atoms with E-state index in [0.717, 1.165) is 11.0 Å². The van der Waals surface area contributed by atoms with E-state index in [9.17, 15) is 4.79 Å². The van der Waals surface area contributed by atoms with Crippen LogP contribution in [-0.4, -0.2) is 47.3 Å². The van der Waals surface area contributed by atoms with E-state index in [0.29, 0.717) is 18.7 Å². The van der Waals surface area contributed by atoms with Crippen LogP contribution in [0.3, 0.4) is 0 Å². The third-order valence-electron chi connectivity index (χ3n) is 2.45. The average Bonchev–Trinajstić information content (AvgIpc) is 2.85. The number of amides is 1. The van der Waals surface area contributed by atoms with Crippen LogP contribution in [0.25, 0.3) is 11.0 Å². The molecule has 3 N–H and O–H groups in total. The molecule has 0 bridgehead atoms. The van der Waals surface area contributed by atoms with Crippen LogP contribution in [-0.2, 0) is 4.74 Å². The van der Waals surface area contributed by atoms with Gasteiger partial charge >= 0.3 is 0 Å². The van der Waals surface area contributed by atoms with Crippen molar-refractivity contribution in [3.8, 4) is 0 Å². The summed E-state index contributed by atoms with van der Waals surface area (Å²) in [4.78, 5) is 18.8. The van der Waals surface area contributed by atoms with Crippen molar-refractivity contribution in [1.29, 1.82) is 0 Å². The summed E-state index contributed by atoms with van der Waals surface area (Å²) < 4.78 is 5.04. The Hall–Kier alpha value is -1.34. The molecule has 1 heterocycles. The molecule has 8 heteroatoms. The van der Waals surface area contributed by atoms with Crippen molar-refractivity contribution < 1.29 is 14.6 Å². The minimum absolute atomic E-state index is 0. The van der Waals surface area contributed by atoms with Gasteiger partial charge in [-0.15, -0.1) is 24.8 Å². The van der Waals surface area contributed by atoms with Gasteiger partial charge in [-0.3, -0.25) is 4.79 Å². The quantitative estimate of drug-likeness (QED) is 0.696. The second kappa shape index (κ2) is 9.55. The molecule has 0 unspecified atom stereocenters. The first-order chi connectivity index (χ1) is 8.81. The van der Waals surface area contributed by atoms with E-state index < -0.39 is 0 Å². The van der Waals surface area contributed by atoms with E-state index in [1.165, 1.54) is 0 Å². The van der Waals surface area contributed by atoms with E-state index >= 15 is 0 Å². The number of H-pyrrole nitrogens is 1. The van der Waals surface area contributed by atoms with Crippen molar-refractivity contribution in [2.45, 2.75) is 0 Å². The number of hydrogen-bond acceptors (Lipinski definition) is 4. The van der Waals surface area contributed by atoms with Gasteiger partial charge in [0.1, 0.15) is 0 Å². The summed E-state index contributed by atoms with van der Waals surface area (Å²) in [5, 5.41) is 11.2. The molecular weight excluding hydrogens is 305 g/mol. The Labute approximate surface area is 128 Å². The molecule has 6 nitrogen and oxygen atoms in total. The monoisotopic (exact) mass is 321 g/mol. The van der Waals surface area contributed by atoms with Crippen molar-refractivity contribution in [2.75, 3.05) is 26.4 Å². The number of carbonyl (C=O) groups excluding carboxylic acids is 1. The summed E-state index contributed by atoms with van der Waals surface area (Å²) >= 11 is 0. The number of fused-ring (bicyclic) bond motifs is 1. The number of carbonyl (C=O) groups is 1. The van der Waals surface area contributed by atoms with Crippen LogP contribution in [0.15, 0.2) is 24.5 Å². The Morgan fingerprint density at radius 1 is 1.35 bits per heavy atom. The molecule has 2 rings (SSSR count). The maximum Gasteiger partial charge on any atom is 0.251 e. The van der Waals surface area contributed by atoms with Crippen LogP contribution in [0.4, 0.5) is 0 Å². The van der Waals surface area contributed by atoms with Crippen LogP contribution >= 0.6 is 24.8 Å². The highest BCUT2D eigenvalue weighted by molar-refractivity contribution is 5.97. The molecule has 0 fully saturated rings. The second-order valence-corrected chi connectivity index (χ2v) is 3.73. The fourth-order valence-electron chi connectivity index (χ4n) is 1.58. The number of halogens is 2. The van der Waals surface area contributed by atoms with Gasteiger partial charge in [-0.2, -0.15) is 0 Å². The predicted molar refractivity (Wildman–Crippen MR) is 80.8 cm³/mol. The number of ether oxygens (including phenoxy) is 1. The number of rotatable bonds is 6. The molecule has 0 saturated carbocycles. The summed E-state index contributed by atoms with van der Waals surface area (Å²) in [6, 6.07) is 5.29. The second-order valence-electron chi connectivity index (χ2n) is 3.73. The predicted octanol–water partition coefficient (Wildman–Crippen LogP) is 1.15. The summed E-state index contributed by atoms with van der Waals surface area (Å²) in [5.41, 5.74) is 2.23. The summed E-state index contributed by atoms with van der Waals surface area (Å²) in [6.07, 6.45) is 1.59. The Morgan fingerprint density at radius 3 is 2.90 bits per heavy atom. The van der Waals surface area contributed by atoms with Crippen LogP contribution in [0.2, 0.25) is 0 Å². The van der Waals surface area contributed by atoms with Gasteiger partial charge in [0.15, 0.2) is 0 Å². The molecule has 0 aliphatic heterocycles. The molecule has 0 spiro atoms. The standard InChI is InChI=1S/C12H15N3O3.2ClH/c16-4-6-18-5-3-13-12(17)9-1-2-10-11(7-9)15-8-14-10;;/h1-2,7-8,16H,3-6H2,(H,13,17)(H,14,15);2*1H. The molecule has 0 radical (unpaired) electrons. The zero-order valence-electron chi connectivity index (χ0n) is 10.7. The molecule has 20 heavy (non-hydrogen) atoms. The van der Waals surface area contributed by atoms with Crippen LogP contribution in [0, 0.1) is 0 Å². The van der Waals surface area contributed by atoms with Gasteiger partial charge in [-0.05, 0) is 18.2 Å². The van der Waals surface area contributed by atoms with Gasteiger partial charge in [0, 0.05) is 12.1 Å². The Balaban J connectivity index is 0.00000180. The molecule has 1 aromatic heterocycles. The van der Waals surface area contributed by atoms with E-state index in [1.807, 2.05) is 6.07 Å². The zero-order valence-corrected chi connectivity index (χ0v) is 12.3. The summed E-state index contributed by atoms with van der Waals surface area (Å²) in [6.45, 7) is 1.08. The van der Waals surface area contributed by atoms with E-state index in [1.54, 1.807) is 18.5 Å². The molecule has 2 aromatic rings.